The van der Waals surface area contributed by atoms with E-state index in [4.69, 9.17) is 9.15 Å². The van der Waals surface area contributed by atoms with E-state index in [1.54, 1.807) is 20.2 Å². The van der Waals surface area contributed by atoms with Gasteiger partial charge in [0.25, 0.3) is 0 Å². The van der Waals surface area contributed by atoms with Gasteiger partial charge in [-0.2, -0.15) is 0 Å². The zero-order valence-electron chi connectivity index (χ0n) is 14.6. The molecule has 1 saturated carbocycles. The molecule has 0 radical (unpaired) electrons. The summed E-state index contributed by atoms with van der Waals surface area (Å²) in [6.07, 6.45) is 4.14. The SMILES string of the molecule is COc1cc(NCCNC(=O)NCC2CC2)ccc1-c1cnc(C)o1. The third-order valence-electron chi connectivity index (χ3n) is 4.08. The van der Waals surface area contributed by atoms with E-state index in [0.717, 1.165) is 17.8 Å². The second-order valence-electron chi connectivity index (χ2n) is 6.17. The van der Waals surface area contributed by atoms with Gasteiger partial charge in [0, 0.05) is 38.3 Å². The first-order valence-electron chi connectivity index (χ1n) is 8.52. The number of carbonyl (C=O) groups excluding carboxylic acids is 1. The molecule has 0 spiro atoms. The summed E-state index contributed by atoms with van der Waals surface area (Å²) >= 11 is 0. The molecule has 0 bridgehead atoms. The molecule has 134 valence electrons. The predicted molar refractivity (Wildman–Crippen MR) is 95.8 cm³/mol. The zero-order chi connectivity index (χ0) is 17.6. The number of anilines is 1. The van der Waals surface area contributed by atoms with E-state index < -0.39 is 0 Å². The Morgan fingerprint density at radius 1 is 1.32 bits per heavy atom. The Labute approximate surface area is 147 Å². The van der Waals surface area contributed by atoms with Crippen molar-refractivity contribution in [3.63, 3.8) is 0 Å². The van der Waals surface area contributed by atoms with Gasteiger partial charge in [-0.25, -0.2) is 9.78 Å². The average molecular weight is 344 g/mol. The first kappa shape index (κ1) is 17.1. The molecule has 0 atom stereocenters. The molecule has 1 fully saturated rings. The van der Waals surface area contributed by atoms with Crippen molar-refractivity contribution in [1.82, 2.24) is 15.6 Å². The molecule has 1 aliphatic carbocycles. The van der Waals surface area contributed by atoms with Gasteiger partial charge in [-0.15, -0.1) is 0 Å². The fourth-order valence-electron chi connectivity index (χ4n) is 2.50. The highest BCUT2D eigenvalue weighted by Crippen LogP contribution is 2.32. The molecule has 25 heavy (non-hydrogen) atoms. The molecule has 7 heteroatoms. The second-order valence-corrected chi connectivity index (χ2v) is 6.17. The number of carbonyl (C=O) groups is 1. The lowest BCUT2D eigenvalue weighted by molar-refractivity contribution is 0.241. The number of hydrogen-bond donors (Lipinski definition) is 3. The Balaban J connectivity index is 1.48. The Morgan fingerprint density at radius 2 is 2.16 bits per heavy atom. The van der Waals surface area contributed by atoms with Crippen molar-refractivity contribution in [2.24, 2.45) is 5.92 Å². The molecule has 2 amide bonds. The number of nitrogens with zero attached hydrogens (tertiary/aromatic N) is 1. The van der Waals surface area contributed by atoms with Crippen LogP contribution in [0.5, 0.6) is 5.75 Å². The zero-order valence-corrected chi connectivity index (χ0v) is 14.6. The Morgan fingerprint density at radius 3 is 2.84 bits per heavy atom. The monoisotopic (exact) mass is 344 g/mol. The van der Waals surface area contributed by atoms with Crippen LogP contribution in [0.15, 0.2) is 28.8 Å². The van der Waals surface area contributed by atoms with E-state index >= 15 is 0 Å². The van der Waals surface area contributed by atoms with E-state index in [1.807, 2.05) is 18.2 Å². The van der Waals surface area contributed by atoms with Crippen LogP contribution in [0.1, 0.15) is 18.7 Å². The van der Waals surface area contributed by atoms with Crippen LogP contribution >= 0.6 is 0 Å². The Kier molecular flexibility index (Phi) is 5.42. The first-order valence-corrected chi connectivity index (χ1v) is 8.52. The summed E-state index contributed by atoms with van der Waals surface area (Å²) in [7, 11) is 1.62. The average Bonchev–Trinajstić information content (AvgIpc) is 3.36. The molecule has 0 saturated heterocycles. The maximum atomic E-state index is 11.6. The van der Waals surface area contributed by atoms with Crippen LogP contribution in [0.25, 0.3) is 11.3 Å². The number of aryl methyl sites for hydroxylation is 1. The van der Waals surface area contributed by atoms with Gasteiger partial charge in [0.05, 0.1) is 18.9 Å². The van der Waals surface area contributed by atoms with Crippen molar-refractivity contribution in [1.29, 1.82) is 0 Å². The lowest BCUT2D eigenvalue weighted by atomic mass is 10.1. The van der Waals surface area contributed by atoms with Gasteiger partial charge in [-0.05, 0) is 30.9 Å². The highest BCUT2D eigenvalue weighted by atomic mass is 16.5. The molecule has 3 N–H and O–H groups in total. The Bertz CT molecular complexity index is 725. The van der Waals surface area contributed by atoms with Crippen LogP contribution in [-0.4, -0.2) is 37.8 Å². The van der Waals surface area contributed by atoms with E-state index in [9.17, 15) is 4.79 Å². The number of hydrogen-bond acceptors (Lipinski definition) is 5. The van der Waals surface area contributed by atoms with Crippen molar-refractivity contribution in [3.05, 3.63) is 30.3 Å². The van der Waals surface area contributed by atoms with Gasteiger partial charge < -0.3 is 25.1 Å². The normalized spacial score (nSPS) is 13.4. The topological polar surface area (TPSA) is 88.4 Å². The number of amides is 2. The fraction of sp³-hybridized carbons (Fsp3) is 0.444. The Hall–Kier alpha value is -2.70. The van der Waals surface area contributed by atoms with Crippen LogP contribution in [0.4, 0.5) is 10.5 Å². The molecule has 1 aromatic heterocycles. The van der Waals surface area contributed by atoms with E-state index in [0.29, 0.717) is 36.4 Å². The molecule has 1 aromatic carbocycles. The number of ether oxygens (including phenoxy) is 1. The van der Waals surface area contributed by atoms with Gasteiger partial charge in [0.2, 0.25) is 0 Å². The smallest absolute Gasteiger partial charge is 0.314 e. The third kappa shape index (κ3) is 4.89. The predicted octanol–water partition coefficient (Wildman–Crippen LogP) is 2.78. The van der Waals surface area contributed by atoms with Crippen molar-refractivity contribution >= 4 is 11.7 Å². The van der Waals surface area contributed by atoms with Crippen molar-refractivity contribution in [2.75, 3.05) is 32.1 Å². The summed E-state index contributed by atoms with van der Waals surface area (Å²) < 4.78 is 11.0. The van der Waals surface area contributed by atoms with E-state index in [1.165, 1.54) is 12.8 Å². The highest BCUT2D eigenvalue weighted by molar-refractivity contribution is 5.74. The second kappa shape index (κ2) is 7.92. The lowest BCUT2D eigenvalue weighted by Crippen LogP contribution is -2.38. The fourth-order valence-corrected chi connectivity index (χ4v) is 2.50. The summed E-state index contributed by atoms with van der Waals surface area (Å²) in [5.74, 6) is 2.68. The molecule has 2 aromatic rings. The van der Waals surface area contributed by atoms with Gasteiger partial charge >= 0.3 is 6.03 Å². The standard InChI is InChI=1S/C18H24N4O3/c1-12-21-11-17(25-12)15-6-5-14(9-16(15)24-2)19-7-8-20-18(23)22-10-13-3-4-13/h5-6,9,11,13,19H,3-4,7-8,10H2,1-2H3,(H2,20,22,23). The number of methoxy groups -OCH3 is 1. The van der Waals surface area contributed by atoms with Gasteiger partial charge in [-0.3, -0.25) is 0 Å². The van der Waals surface area contributed by atoms with Crippen molar-refractivity contribution in [3.8, 4) is 17.1 Å². The summed E-state index contributed by atoms with van der Waals surface area (Å²) in [6.45, 7) is 3.75. The van der Waals surface area contributed by atoms with Gasteiger partial charge in [0.1, 0.15) is 5.75 Å². The van der Waals surface area contributed by atoms with Crippen LogP contribution < -0.4 is 20.7 Å². The van der Waals surface area contributed by atoms with Crippen LogP contribution in [-0.2, 0) is 0 Å². The molecule has 0 aliphatic heterocycles. The maximum absolute atomic E-state index is 11.6. The molecule has 3 rings (SSSR count). The van der Waals surface area contributed by atoms with Gasteiger partial charge in [0.15, 0.2) is 11.7 Å². The number of aromatic nitrogens is 1. The first-order chi connectivity index (χ1) is 12.2. The minimum Gasteiger partial charge on any atom is -0.496 e. The highest BCUT2D eigenvalue weighted by Gasteiger charge is 2.21. The summed E-state index contributed by atoms with van der Waals surface area (Å²) in [5.41, 5.74) is 1.77. The van der Waals surface area contributed by atoms with Crippen molar-refractivity contribution < 1.29 is 13.9 Å². The number of nitrogens with one attached hydrogen (secondary N) is 3. The maximum Gasteiger partial charge on any atom is 0.314 e. The molecule has 1 heterocycles. The van der Waals surface area contributed by atoms with Crippen LogP contribution in [0, 0.1) is 12.8 Å². The van der Waals surface area contributed by atoms with E-state index in [-0.39, 0.29) is 6.03 Å². The van der Waals surface area contributed by atoms with Crippen LogP contribution in [0.3, 0.4) is 0 Å². The van der Waals surface area contributed by atoms with Crippen molar-refractivity contribution in [2.45, 2.75) is 19.8 Å². The van der Waals surface area contributed by atoms with Gasteiger partial charge in [-0.1, -0.05) is 0 Å². The number of urea groups is 1. The minimum atomic E-state index is -0.109. The molecule has 0 unspecified atom stereocenters. The van der Waals surface area contributed by atoms with E-state index in [2.05, 4.69) is 20.9 Å². The molecule has 7 nitrogen and oxygen atoms in total. The number of oxazole rings is 1. The number of rotatable bonds is 8. The molecule has 1 aliphatic rings. The molecular formula is C18H24N4O3. The minimum absolute atomic E-state index is 0.109. The molecular weight excluding hydrogens is 320 g/mol. The lowest BCUT2D eigenvalue weighted by Gasteiger charge is -2.12. The summed E-state index contributed by atoms with van der Waals surface area (Å²) in [4.78, 5) is 15.7. The van der Waals surface area contributed by atoms with Crippen LogP contribution in [0.2, 0.25) is 0 Å². The summed E-state index contributed by atoms with van der Waals surface area (Å²) in [6, 6.07) is 5.67. The summed E-state index contributed by atoms with van der Waals surface area (Å²) in [5, 5.41) is 8.98. The number of benzene rings is 1. The largest absolute Gasteiger partial charge is 0.496 e. The quantitative estimate of drug-likeness (QED) is 0.641. The third-order valence-corrected chi connectivity index (χ3v) is 4.08.